The van der Waals surface area contributed by atoms with Gasteiger partial charge in [-0.1, -0.05) is 6.07 Å². The van der Waals surface area contributed by atoms with E-state index in [2.05, 4.69) is 25.3 Å². The Balaban J connectivity index is 1.50. The fraction of sp³-hybridized carbons (Fsp3) is 0.143. The van der Waals surface area contributed by atoms with Crippen molar-refractivity contribution in [2.24, 2.45) is 0 Å². The molecule has 0 unspecified atom stereocenters. The molecule has 1 aromatic carbocycles. The molecule has 5 aromatic rings. The lowest BCUT2D eigenvalue weighted by molar-refractivity contribution is 0.622. The maximum atomic E-state index is 13.3. The van der Waals surface area contributed by atoms with Crippen molar-refractivity contribution in [1.82, 2.24) is 34.9 Å². The van der Waals surface area contributed by atoms with E-state index in [9.17, 15) is 4.39 Å². The van der Waals surface area contributed by atoms with Crippen molar-refractivity contribution >= 4 is 11.2 Å². The molecule has 0 radical (unpaired) electrons. The number of aryl methyl sites for hydroxylation is 2. The Kier molecular flexibility index (Phi) is 3.97. The number of benzene rings is 1. The van der Waals surface area contributed by atoms with E-state index in [1.54, 1.807) is 24.7 Å². The third-order valence-corrected chi connectivity index (χ3v) is 5.07. The van der Waals surface area contributed by atoms with Gasteiger partial charge in [-0.05, 0) is 37.1 Å². The van der Waals surface area contributed by atoms with Gasteiger partial charge in [0.05, 0.1) is 30.8 Å². The molecule has 144 valence electrons. The van der Waals surface area contributed by atoms with Crippen LogP contribution in [0.4, 0.5) is 4.39 Å². The molecule has 29 heavy (non-hydrogen) atoms. The normalized spacial score (nSPS) is 11.4. The second-order valence-electron chi connectivity index (χ2n) is 7.06. The van der Waals surface area contributed by atoms with Crippen LogP contribution in [0, 0.1) is 19.7 Å². The van der Waals surface area contributed by atoms with E-state index in [1.807, 2.05) is 30.9 Å². The first kappa shape index (κ1) is 17.3. The lowest BCUT2D eigenvalue weighted by Crippen LogP contribution is -2.02. The SMILES string of the molecule is Cc1cc(F)ccc1Cn1cc(-c2c[nH]c3ncc(-c4cn[nH]c4C)nc23)cn1. The van der Waals surface area contributed by atoms with Crippen LogP contribution < -0.4 is 0 Å². The second kappa shape index (κ2) is 6.66. The summed E-state index contributed by atoms with van der Waals surface area (Å²) >= 11 is 0. The van der Waals surface area contributed by atoms with Crippen LogP contribution in [-0.2, 0) is 6.54 Å². The fourth-order valence-electron chi connectivity index (χ4n) is 3.45. The van der Waals surface area contributed by atoms with Crippen LogP contribution in [0.3, 0.4) is 0 Å². The molecule has 0 aliphatic heterocycles. The summed E-state index contributed by atoms with van der Waals surface area (Å²) < 4.78 is 15.2. The molecule has 0 spiro atoms. The maximum Gasteiger partial charge on any atom is 0.156 e. The minimum atomic E-state index is -0.228. The summed E-state index contributed by atoms with van der Waals surface area (Å²) in [5.41, 5.74) is 7.92. The zero-order chi connectivity index (χ0) is 20.0. The van der Waals surface area contributed by atoms with E-state index >= 15 is 0 Å². The van der Waals surface area contributed by atoms with Crippen LogP contribution in [0.15, 0.2) is 49.2 Å². The molecule has 0 saturated heterocycles. The second-order valence-corrected chi connectivity index (χ2v) is 7.06. The van der Waals surface area contributed by atoms with E-state index in [-0.39, 0.29) is 5.82 Å². The number of aromatic nitrogens is 7. The van der Waals surface area contributed by atoms with Gasteiger partial charge in [-0.2, -0.15) is 10.2 Å². The fourth-order valence-corrected chi connectivity index (χ4v) is 3.45. The van der Waals surface area contributed by atoms with Crippen molar-refractivity contribution in [3.05, 3.63) is 71.8 Å². The van der Waals surface area contributed by atoms with Gasteiger partial charge in [-0.3, -0.25) is 9.78 Å². The number of hydrogen-bond donors (Lipinski definition) is 2. The zero-order valence-corrected chi connectivity index (χ0v) is 15.9. The molecule has 7 nitrogen and oxygen atoms in total. The Bertz CT molecular complexity index is 1330. The summed E-state index contributed by atoms with van der Waals surface area (Å²) in [7, 11) is 0. The topological polar surface area (TPSA) is 88.1 Å². The standard InChI is InChI=1S/C21H18FN7/c1-12-5-16(22)4-3-14(12)10-29-11-15(6-26-29)18-7-23-21-20(18)27-19(9-24-21)17-8-25-28-13(17)2/h3-9,11H,10H2,1-2H3,(H,23,24)(H,25,28). The minimum Gasteiger partial charge on any atom is -0.344 e. The number of halogens is 1. The van der Waals surface area contributed by atoms with Gasteiger partial charge >= 0.3 is 0 Å². The summed E-state index contributed by atoms with van der Waals surface area (Å²) in [6.07, 6.45) is 9.14. The van der Waals surface area contributed by atoms with Crippen molar-refractivity contribution < 1.29 is 4.39 Å². The molecule has 0 atom stereocenters. The molecule has 4 heterocycles. The van der Waals surface area contributed by atoms with Gasteiger partial charge in [-0.15, -0.1) is 0 Å². The van der Waals surface area contributed by atoms with Crippen LogP contribution in [0.1, 0.15) is 16.8 Å². The number of H-pyrrole nitrogens is 2. The van der Waals surface area contributed by atoms with Gasteiger partial charge < -0.3 is 4.98 Å². The molecule has 0 amide bonds. The molecule has 0 aliphatic rings. The molecular formula is C21H18FN7. The number of nitrogens with one attached hydrogen (secondary N) is 2. The van der Waals surface area contributed by atoms with Gasteiger partial charge in [0.1, 0.15) is 11.3 Å². The molecule has 0 fully saturated rings. The predicted octanol–water partition coefficient (Wildman–Crippen LogP) is 4.02. The number of nitrogens with zero attached hydrogens (tertiary/aromatic N) is 5. The van der Waals surface area contributed by atoms with Crippen LogP contribution in [0.5, 0.6) is 0 Å². The molecule has 2 N–H and O–H groups in total. The smallest absolute Gasteiger partial charge is 0.156 e. The Morgan fingerprint density at radius 3 is 2.79 bits per heavy atom. The molecule has 5 rings (SSSR count). The predicted molar refractivity (Wildman–Crippen MR) is 108 cm³/mol. The third kappa shape index (κ3) is 3.08. The van der Waals surface area contributed by atoms with Crippen molar-refractivity contribution in [2.75, 3.05) is 0 Å². The number of aromatic amines is 2. The van der Waals surface area contributed by atoms with Crippen LogP contribution in [0.2, 0.25) is 0 Å². The van der Waals surface area contributed by atoms with Crippen molar-refractivity contribution in [3.8, 4) is 22.4 Å². The third-order valence-electron chi connectivity index (χ3n) is 5.07. The first-order valence-electron chi connectivity index (χ1n) is 9.21. The number of fused-ring (bicyclic) bond motifs is 1. The van der Waals surface area contributed by atoms with Crippen molar-refractivity contribution in [2.45, 2.75) is 20.4 Å². The van der Waals surface area contributed by atoms with Gasteiger partial charge in [0.25, 0.3) is 0 Å². The highest BCUT2D eigenvalue weighted by Gasteiger charge is 2.14. The maximum absolute atomic E-state index is 13.3. The molecule has 0 bridgehead atoms. The van der Waals surface area contributed by atoms with Gasteiger partial charge in [0, 0.05) is 34.8 Å². The highest BCUT2D eigenvalue weighted by atomic mass is 19.1. The molecular weight excluding hydrogens is 369 g/mol. The largest absolute Gasteiger partial charge is 0.344 e. The summed E-state index contributed by atoms with van der Waals surface area (Å²) in [6.45, 7) is 4.42. The van der Waals surface area contributed by atoms with E-state index in [1.165, 1.54) is 12.1 Å². The summed E-state index contributed by atoms with van der Waals surface area (Å²) in [5, 5.41) is 11.5. The minimum absolute atomic E-state index is 0.228. The lowest BCUT2D eigenvalue weighted by atomic mass is 10.1. The van der Waals surface area contributed by atoms with Crippen LogP contribution in [-0.4, -0.2) is 34.9 Å². The highest BCUT2D eigenvalue weighted by Crippen LogP contribution is 2.28. The molecule has 0 aliphatic carbocycles. The van der Waals surface area contributed by atoms with E-state index in [0.717, 1.165) is 44.7 Å². The molecule has 4 aromatic heterocycles. The van der Waals surface area contributed by atoms with Gasteiger partial charge in [0.2, 0.25) is 0 Å². The lowest BCUT2D eigenvalue weighted by Gasteiger charge is -2.05. The number of rotatable bonds is 4. The van der Waals surface area contributed by atoms with Gasteiger partial charge in [-0.25, -0.2) is 14.4 Å². The average molecular weight is 387 g/mol. The Hall–Kier alpha value is -3.81. The van der Waals surface area contributed by atoms with E-state index < -0.39 is 0 Å². The summed E-state index contributed by atoms with van der Waals surface area (Å²) in [6, 6.07) is 4.80. The van der Waals surface area contributed by atoms with Crippen molar-refractivity contribution in [3.63, 3.8) is 0 Å². The summed E-state index contributed by atoms with van der Waals surface area (Å²) in [5.74, 6) is -0.228. The zero-order valence-electron chi connectivity index (χ0n) is 15.9. The first-order valence-corrected chi connectivity index (χ1v) is 9.21. The highest BCUT2D eigenvalue weighted by molar-refractivity contribution is 5.91. The molecule has 8 heteroatoms. The Morgan fingerprint density at radius 1 is 1.10 bits per heavy atom. The first-order chi connectivity index (χ1) is 14.1. The monoisotopic (exact) mass is 387 g/mol. The van der Waals surface area contributed by atoms with Crippen LogP contribution in [0.25, 0.3) is 33.5 Å². The van der Waals surface area contributed by atoms with Crippen molar-refractivity contribution in [1.29, 1.82) is 0 Å². The Labute approximate surface area is 165 Å². The average Bonchev–Trinajstić information content (AvgIpc) is 3.42. The van der Waals surface area contributed by atoms with E-state index in [4.69, 9.17) is 4.98 Å². The van der Waals surface area contributed by atoms with Gasteiger partial charge in [0.15, 0.2) is 5.65 Å². The Morgan fingerprint density at radius 2 is 2.00 bits per heavy atom. The quantitative estimate of drug-likeness (QED) is 0.488. The number of hydrogen-bond acceptors (Lipinski definition) is 4. The summed E-state index contributed by atoms with van der Waals surface area (Å²) in [4.78, 5) is 12.5. The molecule has 0 saturated carbocycles. The van der Waals surface area contributed by atoms with Crippen LogP contribution >= 0.6 is 0 Å². The van der Waals surface area contributed by atoms with E-state index in [0.29, 0.717) is 12.2 Å².